The minimum absolute atomic E-state index is 0. The lowest BCUT2D eigenvalue weighted by Crippen LogP contribution is -1.93. The van der Waals surface area contributed by atoms with Crippen LogP contribution in [0.2, 0.25) is 0 Å². The van der Waals surface area contributed by atoms with Crippen LogP contribution >= 0.6 is 23.7 Å². The maximum absolute atomic E-state index is 11.0. The average Bonchev–Trinajstić information content (AvgIpc) is 2.95. The number of para-hydroxylation sites is 1. The number of nitrogens with one attached hydrogen (secondary N) is 1. The summed E-state index contributed by atoms with van der Waals surface area (Å²) < 4.78 is 1.83. The molecule has 0 atom stereocenters. The third-order valence-electron chi connectivity index (χ3n) is 3.48. The predicted molar refractivity (Wildman–Crippen MR) is 98.5 cm³/mol. The van der Waals surface area contributed by atoms with Crippen molar-refractivity contribution in [2.45, 2.75) is 0 Å². The standard InChI is InChI=1S/C16H10N4O2S.ClH/c21-20(22)11-6-7-13-12(8-11)14-15(23-13)16(18-9-17-14)19-10-4-2-1-3-5-10;/h1-9H,(H,17,18,19);1H. The van der Waals surface area contributed by atoms with Crippen molar-refractivity contribution in [2.24, 2.45) is 0 Å². The van der Waals surface area contributed by atoms with Gasteiger partial charge >= 0.3 is 0 Å². The van der Waals surface area contributed by atoms with E-state index in [1.54, 1.807) is 12.1 Å². The molecule has 120 valence electrons. The molecule has 8 heteroatoms. The quantitative estimate of drug-likeness (QED) is 0.415. The zero-order valence-electron chi connectivity index (χ0n) is 12.2. The monoisotopic (exact) mass is 358 g/mol. The van der Waals surface area contributed by atoms with Crippen LogP contribution in [0, 0.1) is 10.1 Å². The fraction of sp³-hybridized carbons (Fsp3) is 0. The Balaban J connectivity index is 0.00000169. The number of nitro groups is 1. The molecule has 4 aromatic rings. The van der Waals surface area contributed by atoms with Crippen molar-refractivity contribution in [1.29, 1.82) is 0 Å². The fourth-order valence-corrected chi connectivity index (χ4v) is 3.51. The highest BCUT2D eigenvalue weighted by Crippen LogP contribution is 2.38. The molecule has 6 nitrogen and oxygen atoms in total. The number of anilines is 2. The van der Waals surface area contributed by atoms with E-state index < -0.39 is 4.92 Å². The molecule has 0 saturated carbocycles. The van der Waals surface area contributed by atoms with Crippen molar-refractivity contribution in [3.05, 3.63) is 65.0 Å². The highest BCUT2D eigenvalue weighted by atomic mass is 35.5. The van der Waals surface area contributed by atoms with Gasteiger partial charge in [-0.2, -0.15) is 0 Å². The molecule has 2 aromatic carbocycles. The number of hydrogen-bond acceptors (Lipinski definition) is 6. The highest BCUT2D eigenvalue weighted by molar-refractivity contribution is 7.26. The second-order valence-corrected chi connectivity index (χ2v) is 5.98. The summed E-state index contributed by atoms with van der Waals surface area (Å²) in [5, 5.41) is 15.0. The Kier molecular flexibility index (Phi) is 4.28. The minimum atomic E-state index is -0.396. The van der Waals surface area contributed by atoms with Gasteiger partial charge in [0.05, 0.1) is 15.1 Å². The Hall–Kier alpha value is -2.77. The molecular weight excluding hydrogens is 348 g/mol. The molecule has 0 radical (unpaired) electrons. The van der Waals surface area contributed by atoms with Crippen LogP contribution in [-0.2, 0) is 0 Å². The smallest absolute Gasteiger partial charge is 0.270 e. The molecule has 0 saturated heterocycles. The second-order valence-electron chi connectivity index (χ2n) is 4.93. The SMILES string of the molecule is Cl.O=[N+]([O-])c1ccc2sc3c(Nc4ccccc4)ncnc3c2c1. The van der Waals surface area contributed by atoms with Gasteiger partial charge in [-0.15, -0.1) is 23.7 Å². The van der Waals surface area contributed by atoms with Crippen molar-refractivity contribution in [3.8, 4) is 0 Å². The molecular formula is C16H11ClN4O2S. The molecule has 4 rings (SSSR count). The van der Waals surface area contributed by atoms with Crippen LogP contribution in [-0.4, -0.2) is 14.9 Å². The average molecular weight is 359 g/mol. The molecule has 0 aliphatic rings. The lowest BCUT2D eigenvalue weighted by molar-refractivity contribution is -0.384. The number of non-ortho nitro benzene ring substituents is 1. The van der Waals surface area contributed by atoms with Crippen molar-refractivity contribution in [3.63, 3.8) is 0 Å². The summed E-state index contributed by atoms with van der Waals surface area (Å²) in [6.07, 6.45) is 1.47. The second kappa shape index (κ2) is 6.38. The van der Waals surface area contributed by atoms with E-state index in [1.165, 1.54) is 23.7 Å². The van der Waals surface area contributed by atoms with Gasteiger partial charge in [-0.1, -0.05) is 18.2 Å². The third kappa shape index (κ3) is 2.75. The summed E-state index contributed by atoms with van der Waals surface area (Å²) >= 11 is 1.52. The molecule has 0 aliphatic heterocycles. The van der Waals surface area contributed by atoms with E-state index in [-0.39, 0.29) is 18.1 Å². The number of rotatable bonds is 3. The third-order valence-corrected chi connectivity index (χ3v) is 4.65. The van der Waals surface area contributed by atoms with E-state index in [2.05, 4.69) is 15.3 Å². The lowest BCUT2D eigenvalue weighted by atomic mass is 10.2. The van der Waals surface area contributed by atoms with Gasteiger partial charge in [0, 0.05) is 27.9 Å². The summed E-state index contributed by atoms with van der Waals surface area (Å²) in [6, 6.07) is 14.6. The first-order chi connectivity index (χ1) is 11.2. The Bertz CT molecular complexity index is 1040. The van der Waals surface area contributed by atoms with Crippen LogP contribution in [0.25, 0.3) is 20.3 Å². The first kappa shape index (κ1) is 16.1. The van der Waals surface area contributed by atoms with Crippen molar-refractivity contribution < 1.29 is 4.92 Å². The van der Waals surface area contributed by atoms with Crippen LogP contribution in [0.1, 0.15) is 0 Å². The first-order valence-electron chi connectivity index (χ1n) is 6.86. The Morgan fingerprint density at radius 3 is 2.62 bits per heavy atom. The van der Waals surface area contributed by atoms with Gasteiger partial charge in [0.2, 0.25) is 0 Å². The normalized spacial score (nSPS) is 10.5. The number of thiophene rings is 1. The molecule has 0 bridgehead atoms. The van der Waals surface area contributed by atoms with Gasteiger partial charge in [-0.25, -0.2) is 9.97 Å². The number of nitro benzene ring substituents is 1. The summed E-state index contributed by atoms with van der Waals surface area (Å²) in [5.74, 6) is 0.699. The van der Waals surface area contributed by atoms with Gasteiger partial charge < -0.3 is 5.32 Å². The van der Waals surface area contributed by atoms with Crippen molar-refractivity contribution in [1.82, 2.24) is 9.97 Å². The number of nitrogens with zero attached hydrogens (tertiary/aromatic N) is 3. The van der Waals surface area contributed by atoms with E-state index in [0.29, 0.717) is 5.82 Å². The van der Waals surface area contributed by atoms with Crippen molar-refractivity contribution in [2.75, 3.05) is 5.32 Å². The van der Waals surface area contributed by atoms with Gasteiger partial charge in [0.15, 0.2) is 5.82 Å². The summed E-state index contributed by atoms with van der Waals surface area (Å²) in [5.41, 5.74) is 1.71. The minimum Gasteiger partial charge on any atom is -0.339 e. The zero-order chi connectivity index (χ0) is 15.8. The van der Waals surface area contributed by atoms with Crippen LogP contribution in [0.15, 0.2) is 54.9 Å². The summed E-state index contributed by atoms with van der Waals surface area (Å²) in [6.45, 7) is 0. The van der Waals surface area contributed by atoms with Crippen LogP contribution in [0.3, 0.4) is 0 Å². The number of hydrogen-bond donors (Lipinski definition) is 1. The molecule has 2 heterocycles. The lowest BCUT2D eigenvalue weighted by Gasteiger charge is -2.05. The molecule has 0 unspecified atom stereocenters. The molecule has 1 N–H and O–H groups in total. The molecule has 2 aromatic heterocycles. The first-order valence-corrected chi connectivity index (χ1v) is 7.68. The van der Waals surface area contributed by atoms with Crippen LogP contribution in [0.5, 0.6) is 0 Å². The van der Waals surface area contributed by atoms with E-state index >= 15 is 0 Å². The van der Waals surface area contributed by atoms with Crippen LogP contribution in [0.4, 0.5) is 17.2 Å². The maximum Gasteiger partial charge on any atom is 0.270 e. The largest absolute Gasteiger partial charge is 0.339 e. The topological polar surface area (TPSA) is 81.0 Å². The summed E-state index contributed by atoms with van der Waals surface area (Å²) in [7, 11) is 0. The number of benzene rings is 2. The summed E-state index contributed by atoms with van der Waals surface area (Å²) in [4.78, 5) is 19.2. The maximum atomic E-state index is 11.0. The zero-order valence-corrected chi connectivity index (χ0v) is 13.8. The Labute approximate surface area is 146 Å². The molecule has 24 heavy (non-hydrogen) atoms. The van der Waals surface area contributed by atoms with Gasteiger partial charge in [0.25, 0.3) is 5.69 Å². The molecule has 0 amide bonds. The van der Waals surface area contributed by atoms with E-state index in [4.69, 9.17) is 0 Å². The number of halogens is 1. The van der Waals surface area contributed by atoms with E-state index in [1.807, 2.05) is 30.3 Å². The predicted octanol–water partition coefficient (Wildman–Crippen LogP) is 4.92. The number of aromatic nitrogens is 2. The fourth-order valence-electron chi connectivity index (χ4n) is 2.43. The van der Waals surface area contributed by atoms with Gasteiger partial charge in [-0.3, -0.25) is 10.1 Å². The highest BCUT2D eigenvalue weighted by Gasteiger charge is 2.14. The van der Waals surface area contributed by atoms with E-state index in [9.17, 15) is 10.1 Å². The Morgan fingerprint density at radius 2 is 1.88 bits per heavy atom. The van der Waals surface area contributed by atoms with Crippen LogP contribution < -0.4 is 5.32 Å². The van der Waals surface area contributed by atoms with E-state index in [0.717, 1.165) is 26.0 Å². The van der Waals surface area contributed by atoms with Gasteiger partial charge in [-0.05, 0) is 18.2 Å². The molecule has 0 aliphatic carbocycles. The van der Waals surface area contributed by atoms with Crippen molar-refractivity contribution >= 4 is 61.2 Å². The Morgan fingerprint density at radius 1 is 1.08 bits per heavy atom. The molecule has 0 fully saturated rings. The van der Waals surface area contributed by atoms with Gasteiger partial charge in [0.1, 0.15) is 6.33 Å². The number of fused-ring (bicyclic) bond motifs is 3. The molecule has 0 spiro atoms.